The smallest absolute Gasteiger partial charge is 0.224 e. The van der Waals surface area contributed by atoms with E-state index in [1.54, 1.807) is 25.2 Å². The van der Waals surface area contributed by atoms with Crippen LogP contribution in [0.3, 0.4) is 0 Å². The Balaban J connectivity index is 1.98. The van der Waals surface area contributed by atoms with Gasteiger partial charge in [-0.15, -0.1) is 0 Å². The Kier molecular flexibility index (Phi) is 5.04. The Morgan fingerprint density at radius 1 is 1.29 bits per heavy atom. The van der Waals surface area contributed by atoms with Gasteiger partial charge in [0.25, 0.3) is 0 Å². The van der Waals surface area contributed by atoms with Gasteiger partial charge in [-0.1, -0.05) is 0 Å². The maximum Gasteiger partial charge on any atom is 0.224 e. The highest BCUT2D eigenvalue weighted by Gasteiger charge is 2.31. The van der Waals surface area contributed by atoms with Crippen molar-refractivity contribution in [2.24, 2.45) is 0 Å². The molecule has 1 aliphatic carbocycles. The van der Waals surface area contributed by atoms with Crippen molar-refractivity contribution in [3.63, 3.8) is 0 Å². The van der Waals surface area contributed by atoms with Crippen LogP contribution < -0.4 is 9.47 Å². The van der Waals surface area contributed by atoms with Crippen LogP contribution in [0.25, 0.3) is 0 Å². The fraction of sp³-hybridized carbons (Fsp3) is 0.500. The monoisotopic (exact) mass is 288 g/mol. The predicted molar refractivity (Wildman–Crippen MR) is 78.2 cm³/mol. The van der Waals surface area contributed by atoms with E-state index in [1.807, 2.05) is 12.1 Å². The highest BCUT2D eigenvalue weighted by Crippen LogP contribution is 2.28. The first-order chi connectivity index (χ1) is 10.2. The van der Waals surface area contributed by atoms with Gasteiger partial charge in [0, 0.05) is 18.5 Å². The molecular weight excluding hydrogens is 268 g/mol. The number of hydrogen-bond donors (Lipinski definition) is 0. The van der Waals surface area contributed by atoms with Crippen molar-refractivity contribution in [3.05, 3.63) is 23.8 Å². The molecule has 0 N–H and O–H groups in total. The molecule has 1 aromatic carbocycles. The van der Waals surface area contributed by atoms with Gasteiger partial charge >= 0.3 is 0 Å². The fourth-order valence-corrected chi connectivity index (χ4v) is 2.29. The summed E-state index contributed by atoms with van der Waals surface area (Å²) in [7, 11) is 3.21. The van der Waals surface area contributed by atoms with Crippen molar-refractivity contribution in [2.75, 3.05) is 20.8 Å². The van der Waals surface area contributed by atoms with Gasteiger partial charge in [-0.05, 0) is 37.0 Å². The molecule has 2 rings (SSSR count). The van der Waals surface area contributed by atoms with E-state index < -0.39 is 0 Å². The molecule has 0 radical (unpaired) electrons. The molecule has 0 spiro atoms. The van der Waals surface area contributed by atoms with Crippen molar-refractivity contribution in [2.45, 2.75) is 31.7 Å². The minimum atomic E-state index is 0.0424. The second kappa shape index (κ2) is 6.98. The number of rotatable bonds is 7. The molecule has 0 heterocycles. The lowest BCUT2D eigenvalue weighted by atomic mass is 10.1. The number of methoxy groups -OCH3 is 2. The van der Waals surface area contributed by atoms with Crippen molar-refractivity contribution in [1.29, 1.82) is 5.26 Å². The third kappa shape index (κ3) is 4.12. The van der Waals surface area contributed by atoms with E-state index in [1.165, 1.54) is 0 Å². The van der Waals surface area contributed by atoms with Gasteiger partial charge < -0.3 is 14.4 Å². The third-order valence-electron chi connectivity index (χ3n) is 3.59. The van der Waals surface area contributed by atoms with Gasteiger partial charge in [-0.2, -0.15) is 5.26 Å². The van der Waals surface area contributed by atoms with E-state index in [0.717, 1.165) is 18.4 Å². The highest BCUT2D eigenvalue weighted by molar-refractivity contribution is 5.77. The Hall–Kier alpha value is -2.22. The molecule has 0 saturated heterocycles. The van der Waals surface area contributed by atoms with Gasteiger partial charge in [-0.3, -0.25) is 4.79 Å². The maximum absolute atomic E-state index is 12.2. The summed E-state index contributed by atoms with van der Waals surface area (Å²) in [5.41, 5.74) is 0.993. The van der Waals surface area contributed by atoms with Gasteiger partial charge in [0.05, 0.1) is 20.3 Å². The van der Waals surface area contributed by atoms with Crippen LogP contribution in [0.15, 0.2) is 18.2 Å². The van der Waals surface area contributed by atoms with E-state index >= 15 is 0 Å². The molecule has 21 heavy (non-hydrogen) atoms. The molecule has 0 atom stereocenters. The molecule has 0 unspecified atom stereocenters. The third-order valence-corrected chi connectivity index (χ3v) is 3.59. The van der Waals surface area contributed by atoms with Crippen LogP contribution in [0.5, 0.6) is 11.5 Å². The summed E-state index contributed by atoms with van der Waals surface area (Å²) in [5, 5.41) is 8.81. The minimum Gasteiger partial charge on any atom is -0.497 e. The molecule has 0 aliphatic heterocycles. The lowest BCUT2D eigenvalue weighted by Gasteiger charge is -2.19. The topological polar surface area (TPSA) is 62.6 Å². The lowest BCUT2D eigenvalue weighted by molar-refractivity contribution is -0.131. The van der Waals surface area contributed by atoms with Crippen LogP contribution in [0.2, 0.25) is 0 Å². The largest absolute Gasteiger partial charge is 0.497 e. The number of carbonyl (C=O) groups is 1. The first-order valence-corrected chi connectivity index (χ1v) is 7.06. The summed E-state index contributed by atoms with van der Waals surface area (Å²) in [6.07, 6.45) is 3.04. The number of hydrogen-bond acceptors (Lipinski definition) is 4. The Labute approximate surface area is 125 Å². The van der Waals surface area contributed by atoms with E-state index in [2.05, 4.69) is 6.07 Å². The molecule has 112 valence electrons. The quantitative estimate of drug-likeness (QED) is 0.721. The number of nitriles is 1. The average Bonchev–Trinajstić information content (AvgIpc) is 3.34. The predicted octanol–water partition coefficient (Wildman–Crippen LogP) is 2.15. The Bertz CT molecular complexity index is 525. The highest BCUT2D eigenvalue weighted by atomic mass is 16.5. The summed E-state index contributed by atoms with van der Waals surface area (Å²) in [5.74, 6) is 1.47. The summed E-state index contributed by atoms with van der Waals surface area (Å²) >= 11 is 0. The molecule has 5 nitrogen and oxygen atoms in total. The molecule has 1 saturated carbocycles. The first-order valence-electron chi connectivity index (χ1n) is 7.06. The SMILES string of the molecule is COc1cc(CCC(=O)N(CC#N)C2CC2)cc(OC)c1. The Morgan fingerprint density at radius 3 is 2.38 bits per heavy atom. The van der Waals surface area contributed by atoms with Crippen LogP contribution >= 0.6 is 0 Å². The fourth-order valence-electron chi connectivity index (χ4n) is 2.29. The number of ether oxygens (including phenoxy) is 2. The van der Waals surface area contributed by atoms with Crippen molar-refractivity contribution < 1.29 is 14.3 Å². The second-order valence-corrected chi connectivity index (χ2v) is 5.13. The maximum atomic E-state index is 12.2. The zero-order valence-electron chi connectivity index (χ0n) is 12.5. The van der Waals surface area contributed by atoms with Crippen molar-refractivity contribution in [1.82, 2.24) is 4.90 Å². The summed E-state index contributed by atoms with van der Waals surface area (Å²) in [6, 6.07) is 7.96. The van der Waals surface area contributed by atoms with E-state index in [9.17, 15) is 4.79 Å². The molecule has 1 aliphatic rings. The molecular formula is C16H20N2O3. The van der Waals surface area contributed by atoms with Crippen LogP contribution in [-0.4, -0.2) is 37.6 Å². The molecule has 1 fully saturated rings. The van der Waals surface area contributed by atoms with Gasteiger partial charge in [0.1, 0.15) is 18.0 Å². The first kappa shape index (κ1) is 15.2. The standard InChI is InChI=1S/C16H20N2O3/c1-20-14-9-12(10-15(11-14)21-2)3-6-16(19)18(8-7-17)13-4-5-13/h9-11,13H,3-6,8H2,1-2H3. The van der Waals surface area contributed by atoms with Gasteiger partial charge in [-0.25, -0.2) is 0 Å². The molecule has 0 aromatic heterocycles. The number of aryl methyl sites for hydroxylation is 1. The summed E-state index contributed by atoms with van der Waals surface area (Å²) in [6.45, 7) is 0.185. The Morgan fingerprint density at radius 2 is 1.90 bits per heavy atom. The van der Waals surface area contributed by atoms with E-state index in [4.69, 9.17) is 14.7 Å². The van der Waals surface area contributed by atoms with E-state index in [0.29, 0.717) is 24.3 Å². The normalized spacial score (nSPS) is 13.4. The van der Waals surface area contributed by atoms with E-state index in [-0.39, 0.29) is 18.5 Å². The van der Waals surface area contributed by atoms with Gasteiger partial charge in [0.2, 0.25) is 5.91 Å². The van der Waals surface area contributed by atoms with Crippen molar-refractivity contribution >= 4 is 5.91 Å². The number of carbonyl (C=O) groups excluding carboxylic acids is 1. The molecule has 5 heteroatoms. The van der Waals surface area contributed by atoms with Crippen molar-refractivity contribution in [3.8, 4) is 17.6 Å². The van der Waals surface area contributed by atoms with Crippen LogP contribution in [0, 0.1) is 11.3 Å². The zero-order chi connectivity index (χ0) is 15.2. The van der Waals surface area contributed by atoms with Crippen LogP contribution in [0.4, 0.5) is 0 Å². The number of nitrogens with zero attached hydrogens (tertiary/aromatic N) is 2. The van der Waals surface area contributed by atoms with Crippen LogP contribution in [-0.2, 0) is 11.2 Å². The molecule has 1 amide bonds. The number of amides is 1. The summed E-state index contributed by atoms with van der Waals surface area (Å²) < 4.78 is 10.4. The average molecular weight is 288 g/mol. The summed E-state index contributed by atoms with van der Waals surface area (Å²) in [4.78, 5) is 13.9. The zero-order valence-corrected chi connectivity index (χ0v) is 12.5. The second-order valence-electron chi connectivity index (χ2n) is 5.13. The van der Waals surface area contributed by atoms with Crippen LogP contribution in [0.1, 0.15) is 24.8 Å². The molecule has 0 bridgehead atoms. The molecule has 1 aromatic rings. The minimum absolute atomic E-state index is 0.0424. The lowest BCUT2D eigenvalue weighted by Crippen LogP contribution is -2.33. The van der Waals surface area contributed by atoms with Gasteiger partial charge in [0.15, 0.2) is 0 Å². The number of benzene rings is 1.